The van der Waals surface area contributed by atoms with E-state index in [4.69, 9.17) is 19.5 Å². The van der Waals surface area contributed by atoms with Crippen LogP contribution in [0.1, 0.15) is 16.8 Å². The summed E-state index contributed by atoms with van der Waals surface area (Å²) in [7, 11) is 1.61. The lowest BCUT2D eigenvalue weighted by molar-refractivity contribution is 0.0898. The van der Waals surface area contributed by atoms with Gasteiger partial charge in [-0.3, -0.25) is 9.69 Å². The quantitative estimate of drug-likeness (QED) is 0.675. The lowest BCUT2D eigenvalue weighted by Crippen LogP contribution is -2.33. The van der Waals surface area contributed by atoms with Crippen LogP contribution in [0.3, 0.4) is 0 Å². The minimum atomic E-state index is -0.0117. The van der Waals surface area contributed by atoms with Crippen LogP contribution in [0, 0.1) is 11.3 Å². The molecular weight excluding hydrogens is 272 g/mol. The first-order valence-electron chi connectivity index (χ1n) is 6.75. The van der Waals surface area contributed by atoms with Crippen molar-refractivity contribution in [2.24, 2.45) is 0 Å². The number of carbonyl (C=O) groups is 1. The molecule has 112 valence electrons. The Balaban J connectivity index is 1.98. The Bertz CT molecular complexity index is 539. The van der Waals surface area contributed by atoms with Gasteiger partial charge in [0.2, 0.25) is 6.79 Å². The number of carbonyl (C=O) groups excluding carboxylic acids is 1. The van der Waals surface area contributed by atoms with Crippen molar-refractivity contribution in [2.75, 3.05) is 40.1 Å². The monoisotopic (exact) mass is 290 g/mol. The van der Waals surface area contributed by atoms with Crippen molar-refractivity contribution in [3.05, 3.63) is 23.8 Å². The number of methoxy groups -OCH3 is 1. The number of hydrogen-bond acceptors (Lipinski definition) is 6. The third kappa shape index (κ3) is 4.18. The van der Waals surface area contributed by atoms with Crippen molar-refractivity contribution in [1.82, 2.24) is 4.90 Å². The molecule has 0 radical (unpaired) electrons. The van der Waals surface area contributed by atoms with Crippen molar-refractivity contribution >= 4 is 5.78 Å². The summed E-state index contributed by atoms with van der Waals surface area (Å²) in [4.78, 5) is 14.2. The average molecular weight is 290 g/mol. The highest BCUT2D eigenvalue weighted by atomic mass is 16.7. The third-order valence-electron chi connectivity index (χ3n) is 3.21. The molecule has 1 aliphatic rings. The van der Waals surface area contributed by atoms with E-state index in [1.54, 1.807) is 25.3 Å². The van der Waals surface area contributed by atoms with Crippen LogP contribution in [0.4, 0.5) is 0 Å². The molecule has 6 heteroatoms. The van der Waals surface area contributed by atoms with Crippen molar-refractivity contribution in [3.63, 3.8) is 0 Å². The van der Waals surface area contributed by atoms with Crippen LogP contribution < -0.4 is 9.47 Å². The van der Waals surface area contributed by atoms with E-state index in [-0.39, 0.29) is 19.1 Å². The van der Waals surface area contributed by atoms with E-state index >= 15 is 0 Å². The summed E-state index contributed by atoms with van der Waals surface area (Å²) in [6.07, 6.45) is 0.387. The fourth-order valence-corrected chi connectivity index (χ4v) is 2.06. The number of hydrogen-bond donors (Lipinski definition) is 0. The third-order valence-corrected chi connectivity index (χ3v) is 3.21. The first-order chi connectivity index (χ1) is 10.2. The Kier molecular flexibility index (Phi) is 5.55. The number of ether oxygens (including phenoxy) is 3. The van der Waals surface area contributed by atoms with Gasteiger partial charge in [-0.15, -0.1) is 0 Å². The molecule has 1 aliphatic heterocycles. The van der Waals surface area contributed by atoms with Gasteiger partial charge in [0.05, 0.1) is 19.2 Å². The van der Waals surface area contributed by atoms with Crippen LogP contribution in [0.15, 0.2) is 18.2 Å². The molecule has 0 spiro atoms. The zero-order valence-corrected chi connectivity index (χ0v) is 12.0. The second-order valence-electron chi connectivity index (χ2n) is 4.67. The number of nitriles is 1. The zero-order chi connectivity index (χ0) is 15.1. The SMILES string of the molecule is COCCN(CCC#N)CC(=O)c1ccc2c(c1)OCO2. The first-order valence-corrected chi connectivity index (χ1v) is 6.75. The van der Waals surface area contributed by atoms with E-state index in [0.717, 1.165) is 0 Å². The Morgan fingerprint density at radius 1 is 1.38 bits per heavy atom. The van der Waals surface area contributed by atoms with Gasteiger partial charge in [-0.25, -0.2) is 0 Å². The summed E-state index contributed by atoms with van der Waals surface area (Å²) in [5.41, 5.74) is 0.582. The number of ketones is 1. The van der Waals surface area contributed by atoms with Crippen molar-refractivity contribution < 1.29 is 19.0 Å². The van der Waals surface area contributed by atoms with Crippen LogP contribution >= 0.6 is 0 Å². The molecule has 0 N–H and O–H groups in total. The molecule has 1 aromatic carbocycles. The van der Waals surface area contributed by atoms with Gasteiger partial charge in [-0.2, -0.15) is 5.26 Å². The molecule has 0 fully saturated rings. The highest BCUT2D eigenvalue weighted by Gasteiger charge is 2.18. The normalized spacial score (nSPS) is 12.4. The largest absolute Gasteiger partial charge is 0.454 e. The Morgan fingerprint density at radius 3 is 2.95 bits per heavy atom. The molecule has 0 saturated heterocycles. The van der Waals surface area contributed by atoms with Crippen LogP contribution in [-0.4, -0.2) is 50.8 Å². The predicted molar refractivity (Wildman–Crippen MR) is 75.4 cm³/mol. The molecular formula is C15H18N2O4. The summed E-state index contributed by atoms with van der Waals surface area (Å²) in [5, 5.41) is 8.67. The highest BCUT2D eigenvalue weighted by Crippen LogP contribution is 2.32. The number of nitrogens with zero attached hydrogens (tertiary/aromatic N) is 2. The molecule has 1 heterocycles. The maximum atomic E-state index is 12.3. The minimum absolute atomic E-state index is 0.0117. The van der Waals surface area contributed by atoms with Crippen LogP contribution in [0.5, 0.6) is 11.5 Å². The van der Waals surface area contributed by atoms with E-state index in [1.807, 2.05) is 4.90 Å². The Hall–Kier alpha value is -2.10. The highest BCUT2D eigenvalue weighted by molar-refractivity contribution is 5.98. The fraction of sp³-hybridized carbons (Fsp3) is 0.467. The molecule has 6 nitrogen and oxygen atoms in total. The zero-order valence-electron chi connectivity index (χ0n) is 12.0. The van der Waals surface area contributed by atoms with Crippen LogP contribution in [0.2, 0.25) is 0 Å². The molecule has 0 unspecified atom stereocenters. The smallest absolute Gasteiger partial charge is 0.231 e. The van der Waals surface area contributed by atoms with E-state index < -0.39 is 0 Å². The van der Waals surface area contributed by atoms with Crippen LogP contribution in [-0.2, 0) is 4.74 Å². The number of benzene rings is 1. The molecule has 0 bridgehead atoms. The molecule has 0 amide bonds. The first kappa shape index (κ1) is 15.3. The molecule has 0 aromatic heterocycles. The summed E-state index contributed by atoms with van der Waals surface area (Å²) < 4.78 is 15.5. The number of Topliss-reactive ketones (excluding diaryl/α,β-unsaturated/α-hetero) is 1. The molecule has 0 atom stereocenters. The standard InChI is InChI=1S/C15H18N2O4/c1-19-8-7-17(6-2-5-16)10-13(18)12-3-4-14-15(9-12)21-11-20-14/h3-4,9H,2,6-8,10-11H2,1H3. The van der Waals surface area contributed by atoms with Crippen molar-refractivity contribution in [2.45, 2.75) is 6.42 Å². The van der Waals surface area contributed by atoms with Gasteiger partial charge in [-0.1, -0.05) is 0 Å². The Labute approximate surface area is 123 Å². The maximum Gasteiger partial charge on any atom is 0.231 e. The maximum absolute atomic E-state index is 12.3. The molecule has 1 aromatic rings. The summed E-state index contributed by atoms with van der Waals surface area (Å²) in [6, 6.07) is 7.26. The predicted octanol–water partition coefficient (Wildman–Crippen LogP) is 1.46. The lowest BCUT2D eigenvalue weighted by Gasteiger charge is -2.19. The summed E-state index contributed by atoms with van der Waals surface area (Å²) in [5.74, 6) is 1.25. The van der Waals surface area contributed by atoms with Gasteiger partial charge >= 0.3 is 0 Å². The minimum Gasteiger partial charge on any atom is -0.454 e. The molecule has 0 saturated carbocycles. The summed E-state index contributed by atoms with van der Waals surface area (Å²) in [6.45, 7) is 2.14. The van der Waals surface area contributed by atoms with Gasteiger partial charge < -0.3 is 14.2 Å². The van der Waals surface area contributed by atoms with Gasteiger partial charge in [0, 0.05) is 32.2 Å². The molecule has 2 rings (SSSR count). The second-order valence-corrected chi connectivity index (χ2v) is 4.67. The fourth-order valence-electron chi connectivity index (χ4n) is 2.06. The van der Waals surface area contributed by atoms with E-state index in [1.165, 1.54) is 0 Å². The van der Waals surface area contributed by atoms with E-state index in [0.29, 0.717) is 43.2 Å². The molecule has 0 aliphatic carbocycles. The van der Waals surface area contributed by atoms with Gasteiger partial charge in [0.15, 0.2) is 17.3 Å². The second kappa shape index (κ2) is 7.62. The van der Waals surface area contributed by atoms with Gasteiger partial charge in [-0.05, 0) is 18.2 Å². The molecule has 21 heavy (non-hydrogen) atoms. The van der Waals surface area contributed by atoms with E-state index in [2.05, 4.69) is 6.07 Å². The topological polar surface area (TPSA) is 71.8 Å². The van der Waals surface area contributed by atoms with Crippen molar-refractivity contribution in [1.29, 1.82) is 5.26 Å². The van der Waals surface area contributed by atoms with Gasteiger partial charge in [0.25, 0.3) is 0 Å². The lowest BCUT2D eigenvalue weighted by atomic mass is 10.1. The van der Waals surface area contributed by atoms with Crippen molar-refractivity contribution in [3.8, 4) is 17.6 Å². The summed E-state index contributed by atoms with van der Waals surface area (Å²) >= 11 is 0. The van der Waals surface area contributed by atoms with E-state index in [9.17, 15) is 4.79 Å². The van der Waals surface area contributed by atoms with Crippen LogP contribution in [0.25, 0.3) is 0 Å². The number of fused-ring (bicyclic) bond motifs is 1. The van der Waals surface area contributed by atoms with Gasteiger partial charge in [0.1, 0.15) is 0 Å². The average Bonchev–Trinajstić information content (AvgIpc) is 2.97. The Morgan fingerprint density at radius 2 is 2.19 bits per heavy atom. The number of rotatable bonds is 8.